The first-order valence-electron chi connectivity index (χ1n) is 5.73. The summed E-state index contributed by atoms with van der Waals surface area (Å²) in [6, 6.07) is 0. The molecule has 0 radical (unpaired) electrons. The van der Waals surface area contributed by atoms with Gasteiger partial charge in [-0.15, -0.1) is 6.58 Å². The van der Waals surface area contributed by atoms with E-state index in [1.54, 1.807) is 6.92 Å². The van der Waals surface area contributed by atoms with Crippen LogP contribution in [-0.2, 0) is 14.3 Å². The van der Waals surface area contributed by atoms with Gasteiger partial charge in [0.2, 0.25) is 0 Å². The van der Waals surface area contributed by atoms with Crippen molar-refractivity contribution in [2.45, 2.75) is 37.4 Å². The zero-order chi connectivity index (χ0) is 15.1. The monoisotopic (exact) mass is 342 g/mol. The first-order valence-corrected chi connectivity index (χ1v) is 6.53. The van der Waals surface area contributed by atoms with Gasteiger partial charge in [0.1, 0.15) is 0 Å². The predicted molar refractivity (Wildman–Crippen MR) is 69.2 cm³/mol. The van der Waals surface area contributed by atoms with Gasteiger partial charge in [-0.2, -0.15) is 8.78 Å². The Labute approximate surface area is 118 Å². The molecule has 0 aromatic carbocycles. The van der Waals surface area contributed by atoms with E-state index in [0.29, 0.717) is 6.42 Å². The smallest absolute Gasteiger partial charge is 0.334 e. The minimum Gasteiger partial charge on any atom is -0.481 e. The molecule has 1 unspecified atom stereocenters. The van der Waals surface area contributed by atoms with Gasteiger partial charge in [-0.25, -0.2) is 0 Å². The number of esters is 1. The molecule has 0 aromatic rings. The van der Waals surface area contributed by atoms with E-state index in [1.165, 1.54) is 6.08 Å². The molecule has 0 aliphatic carbocycles. The molecule has 0 amide bonds. The maximum absolute atomic E-state index is 12.6. The van der Waals surface area contributed by atoms with E-state index in [1.807, 2.05) is 0 Å². The number of hydrogen-bond acceptors (Lipinski definition) is 3. The Kier molecular flexibility index (Phi) is 7.18. The van der Waals surface area contributed by atoms with Gasteiger partial charge < -0.3 is 9.84 Å². The Hall–Kier alpha value is -0.980. The summed E-state index contributed by atoms with van der Waals surface area (Å²) in [5, 5.41) is 8.68. The Morgan fingerprint density at radius 1 is 1.47 bits per heavy atom. The molecule has 0 aliphatic heterocycles. The Morgan fingerprint density at radius 3 is 2.42 bits per heavy atom. The van der Waals surface area contributed by atoms with Crippen LogP contribution in [0, 0.1) is 5.41 Å². The van der Waals surface area contributed by atoms with Crippen LogP contribution in [-0.4, -0.2) is 28.5 Å². The average molecular weight is 343 g/mol. The van der Waals surface area contributed by atoms with E-state index in [-0.39, 0.29) is 19.3 Å². The largest absolute Gasteiger partial charge is 0.481 e. The second-order valence-electron chi connectivity index (χ2n) is 4.21. The van der Waals surface area contributed by atoms with Gasteiger partial charge in [-0.1, -0.05) is 13.0 Å². The van der Waals surface area contributed by atoms with Crippen molar-refractivity contribution >= 4 is 27.9 Å². The summed E-state index contributed by atoms with van der Waals surface area (Å²) < 4.78 is 29.8. The number of carboxylic acid groups (broad SMARTS) is 1. The number of alkyl halides is 3. The third-order valence-electron chi connectivity index (χ3n) is 2.83. The first-order chi connectivity index (χ1) is 8.67. The van der Waals surface area contributed by atoms with Gasteiger partial charge in [0, 0.05) is 6.42 Å². The van der Waals surface area contributed by atoms with E-state index < -0.39 is 28.8 Å². The molecule has 7 heteroatoms. The lowest BCUT2D eigenvalue weighted by Crippen LogP contribution is -2.35. The summed E-state index contributed by atoms with van der Waals surface area (Å²) in [5.41, 5.74) is -1.11. The molecular weight excluding hydrogens is 326 g/mol. The summed E-state index contributed by atoms with van der Waals surface area (Å²) in [6.45, 7) is 4.09. The first kappa shape index (κ1) is 18.0. The SMILES string of the molecule is C=CCC(CC)(CCC(=O)O)C(=O)OCC(F)(F)Br. The number of ether oxygens (including phenoxy) is 1. The van der Waals surface area contributed by atoms with E-state index in [0.717, 1.165) is 0 Å². The summed E-state index contributed by atoms with van der Waals surface area (Å²) >= 11 is 2.07. The van der Waals surface area contributed by atoms with Crippen molar-refractivity contribution in [2.24, 2.45) is 5.41 Å². The molecule has 0 saturated carbocycles. The normalized spacial score (nSPS) is 14.5. The summed E-state index contributed by atoms with van der Waals surface area (Å²) in [4.78, 5) is 19.2. The number of carbonyl (C=O) groups is 2. The highest BCUT2D eigenvalue weighted by Crippen LogP contribution is 2.35. The second-order valence-corrected chi connectivity index (χ2v) is 5.37. The quantitative estimate of drug-likeness (QED) is 0.396. The highest BCUT2D eigenvalue weighted by molar-refractivity contribution is 9.10. The summed E-state index contributed by atoms with van der Waals surface area (Å²) in [5.74, 6) is -1.88. The zero-order valence-corrected chi connectivity index (χ0v) is 12.2. The molecule has 1 N–H and O–H groups in total. The van der Waals surface area contributed by atoms with Crippen LogP contribution in [0.3, 0.4) is 0 Å². The minimum absolute atomic E-state index is 0.0253. The molecule has 0 aromatic heterocycles. The van der Waals surface area contributed by atoms with Crippen molar-refractivity contribution in [3.05, 3.63) is 12.7 Å². The fourth-order valence-electron chi connectivity index (χ4n) is 1.68. The summed E-state index contributed by atoms with van der Waals surface area (Å²) in [6.07, 6.45) is 1.72. The fourth-order valence-corrected chi connectivity index (χ4v) is 1.79. The molecule has 110 valence electrons. The van der Waals surface area contributed by atoms with Crippen molar-refractivity contribution < 1.29 is 28.2 Å². The molecule has 0 heterocycles. The lowest BCUT2D eigenvalue weighted by atomic mass is 9.77. The van der Waals surface area contributed by atoms with Crippen molar-refractivity contribution in [2.75, 3.05) is 6.61 Å². The highest BCUT2D eigenvalue weighted by atomic mass is 79.9. The number of rotatable bonds is 9. The second kappa shape index (κ2) is 7.57. The molecule has 0 fully saturated rings. The molecule has 4 nitrogen and oxygen atoms in total. The highest BCUT2D eigenvalue weighted by Gasteiger charge is 2.39. The van der Waals surface area contributed by atoms with Crippen LogP contribution in [0.2, 0.25) is 0 Å². The summed E-state index contributed by atoms with van der Waals surface area (Å²) in [7, 11) is 0. The Morgan fingerprint density at radius 2 is 2.05 bits per heavy atom. The molecule has 0 aliphatic rings. The van der Waals surface area contributed by atoms with Crippen LogP contribution in [0.1, 0.15) is 32.6 Å². The van der Waals surface area contributed by atoms with Crippen LogP contribution in [0.4, 0.5) is 8.78 Å². The number of carboxylic acids is 1. The topological polar surface area (TPSA) is 63.6 Å². The van der Waals surface area contributed by atoms with E-state index in [9.17, 15) is 18.4 Å². The number of carbonyl (C=O) groups excluding carboxylic acids is 1. The third-order valence-corrected chi connectivity index (χ3v) is 3.06. The lowest BCUT2D eigenvalue weighted by molar-refractivity contribution is -0.162. The van der Waals surface area contributed by atoms with Crippen molar-refractivity contribution in [3.63, 3.8) is 0 Å². The zero-order valence-electron chi connectivity index (χ0n) is 10.6. The van der Waals surface area contributed by atoms with Gasteiger partial charge in [-0.05, 0) is 35.2 Å². The molecule has 19 heavy (non-hydrogen) atoms. The fraction of sp³-hybridized carbons (Fsp3) is 0.667. The Balaban J connectivity index is 4.84. The molecule has 1 atom stereocenters. The van der Waals surface area contributed by atoms with Gasteiger partial charge in [-0.3, -0.25) is 9.59 Å². The number of aliphatic carboxylic acids is 1. The molecular formula is C12H17BrF2O4. The van der Waals surface area contributed by atoms with Crippen LogP contribution >= 0.6 is 15.9 Å². The Bertz CT molecular complexity index is 341. The van der Waals surface area contributed by atoms with Gasteiger partial charge in [0.15, 0.2) is 6.61 Å². The van der Waals surface area contributed by atoms with Crippen LogP contribution < -0.4 is 0 Å². The van der Waals surface area contributed by atoms with Gasteiger partial charge >= 0.3 is 16.8 Å². The molecule has 0 saturated heterocycles. The van der Waals surface area contributed by atoms with E-state index in [4.69, 9.17) is 5.11 Å². The van der Waals surface area contributed by atoms with Crippen LogP contribution in [0.5, 0.6) is 0 Å². The predicted octanol–water partition coefficient (Wildman–Crippen LogP) is 3.35. The third kappa shape index (κ3) is 6.66. The molecule has 0 rings (SSSR count). The average Bonchev–Trinajstić information content (AvgIpc) is 2.30. The van der Waals surface area contributed by atoms with Crippen molar-refractivity contribution in [1.29, 1.82) is 0 Å². The van der Waals surface area contributed by atoms with Gasteiger partial charge in [0.25, 0.3) is 0 Å². The number of hydrogen-bond donors (Lipinski definition) is 1. The minimum atomic E-state index is -3.29. The molecule has 0 bridgehead atoms. The van der Waals surface area contributed by atoms with Crippen molar-refractivity contribution in [1.82, 2.24) is 0 Å². The lowest BCUT2D eigenvalue weighted by Gasteiger charge is -2.29. The maximum Gasteiger partial charge on any atom is 0.334 e. The standard InChI is InChI=1S/C12H17BrF2O4/c1-3-6-11(4-2,7-5-9(16)17)10(18)19-8-12(13,14)15/h3H,1,4-8H2,2H3,(H,16,17). The van der Waals surface area contributed by atoms with Crippen molar-refractivity contribution in [3.8, 4) is 0 Å². The van der Waals surface area contributed by atoms with Crippen LogP contribution in [0.25, 0.3) is 0 Å². The van der Waals surface area contributed by atoms with Crippen LogP contribution in [0.15, 0.2) is 12.7 Å². The number of halogens is 3. The molecule has 0 spiro atoms. The van der Waals surface area contributed by atoms with Gasteiger partial charge in [0.05, 0.1) is 5.41 Å². The maximum atomic E-state index is 12.6. The van der Waals surface area contributed by atoms with E-state index >= 15 is 0 Å². The number of allylic oxidation sites excluding steroid dienone is 1. The van der Waals surface area contributed by atoms with E-state index in [2.05, 4.69) is 27.2 Å².